The van der Waals surface area contributed by atoms with Gasteiger partial charge in [-0.15, -0.1) is 0 Å². The predicted octanol–water partition coefficient (Wildman–Crippen LogP) is 2.96. The third kappa shape index (κ3) is 3.28. The molecule has 17 heavy (non-hydrogen) atoms. The fourth-order valence-electron chi connectivity index (χ4n) is 1.99. The van der Waals surface area contributed by atoms with Crippen LogP contribution in [0.5, 0.6) is 0 Å². The highest BCUT2D eigenvalue weighted by atomic mass is 32.1. The maximum Gasteiger partial charge on any atom is 0.224 e. The standard InChI is InChI=1S/C13H22N2OS/c1-9(2)7-5-6-8-15(4)11-10(14-3)13(17)12(11)16/h9,14H,5-8H2,1-4H3. The molecule has 0 aliphatic rings. The number of nitrogens with one attached hydrogen (secondary N) is 1. The summed E-state index contributed by atoms with van der Waals surface area (Å²) in [6, 6.07) is 0. The van der Waals surface area contributed by atoms with Gasteiger partial charge in [-0.2, -0.15) is 0 Å². The van der Waals surface area contributed by atoms with Crippen molar-refractivity contribution in [1.29, 1.82) is 0 Å². The molecule has 0 radical (unpaired) electrons. The minimum Gasteiger partial charge on any atom is -0.385 e. The van der Waals surface area contributed by atoms with Gasteiger partial charge >= 0.3 is 0 Å². The summed E-state index contributed by atoms with van der Waals surface area (Å²) in [4.78, 5) is 13.7. The maximum atomic E-state index is 11.6. The fraction of sp³-hybridized carbons (Fsp3) is 0.692. The number of hydrogen-bond donors (Lipinski definition) is 1. The summed E-state index contributed by atoms with van der Waals surface area (Å²) < 4.78 is 0.441. The van der Waals surface area contributed by atoms with Crippen LogP contribution in [0.4, 0.5) is 11.4 Å². The van der Waals surface area contributed by atoms with Gasteiger partial charge in [0.1, 0.15) is 10.2 Å². The Hall–Kier alpha value is -0.900. The second-order valence-corrected chi connectivity index (χ2v) is 5.35. The molecule has 0 saturated carbocycles. The van der Waals surface area contributed by atoms with Gasteiger partial charge in [-0.25, -0.2) is 0 Å². The van der Waals surface area contributed by atoms with Crippen LogP contribution in [0.15, 0.2) is 4.79 Å². The van der Waals surface area contributed by atoms with Crippen molar-refractivity contribution in [2.45, 2.75) is 33.1 Å². The number of rotatable bonds is 7. The summed E-state index contributed by atoms with van der Waals surface area (Å²) in [7, 11) is 3.77. The molecule has 4 heteroatoms. The van der Waals surface area contributed by atoms with Crippen molar-refractivity contribution in [2.75, 3.05) is 30.9 Å². The minimum absolute atomic E-state index is 0.00992. The molecule has 0 aliphatic heterocycles. The molecule has 1 rings (SSSR count). The number of hydrogen-bond acceptors (Lipinski definition) is 4. The lowest BCUT2D eigenvalue weighted by Gasteiger charge is -2.23. The van der Waals surface area contributed by atoms with Crippen LogP contribution in [0, 0.1) is 10.4 Å². The summed E-state index contributed by atoms with van der Waals surface area (Å²) in [5, 5.41) is 3.00. The van der Waals surface area contributed by atoms with Crippen LogP contribution in [-0.2, 0) is 0 Å². The van der Waals surface area contributed by atoms with Gasteiger partial charge in [-0.3, -0.25) is 4.79 Å². The smallest absolute Gasteiger partial charge is 0.224 e. The molecular weight excluding hydrogens is 232 g/mol. The van der Waals surface area contributed by atoms with E-state index in [0.29, 0.717) is 4.51 Å². The van der Waals surface area contributed by atoms with Gasteiger partial charge in [0.15, 0.2) is 0 Å². The van der Waals surface area contributed by atoms with Crippen LogP contribution in [0.2, 0.25) is 0 Å². The van der Waals surface area contributed by atoms with Crippen molar-refractivity contribution in [3.8, 4) is 0 Å². The predicted molar refractivity (Wildman–Crippen MR) is 77.4 cm³/mol. The van der Waals surface area contributed by atoms with E-state index in [1.807, 2.05) is 11.9 Å². The Balaban J connectivity index is 2.48. The van der Waals surface area contributed by atoms with E-state index >= 15 is 0 Å². The normalized spacial score (nSPS) is 11.1. The SMILES string of the molecule is CNc1c(N(C)CCCCC(C)C)c(=O)c1=S. The molecule has 1 N–H and O–H groups in total. The van der Waals surface area contributed by atoms with E-state index in [1.54, 1.807) is 7.05 Å². The first-order valence-corrected chi connectivity index (χ1v) is 6.62. The van der Waals surface area contributed by atoms with Crippen molar-refractivity contribution in [3.05, 3.63) is 14.7 Å². The lowest BCUT2D eigenvalue weighted by Crippen LogP contribution is -2.30. The molecule has 0 aromatic heterocycles. The van der Waals surface area contributed by atoms with Crippen LogP contribution >= 0.6 is 12.2 Å². The Morgan fingerprint density at radius 1 is 1.35 bits per heavy atom. The zero-order chi connectivity index (χ0) is 13.0. The van der Waals surface area contributed by atoms with Crippen molar-refractivity contribution < 1.29 is 0 Å². The minimum atomic E-state index is 0.00992. The molecular formula is C13H22N2OS. The van der Waals surface area contributed by atoms with Crippen LogP contribution in [0.25, 0.3) is 0 Å². The highest BCUT2D eigenvalue weighted by Gasteiger charge is 2.19. The fourth-order valence-corrected chi connectivity index (χ4v) is 2.28. The second kappa shape index (κ2) is 6.15. The van der Waals surface area contributed by atoms with Crippen molar-refractivity contribution in [2.24, 2.45) is 5.92 Å². The average molecular weight is 254 g/mol. The van der Waals surface area contributed by atoms with Gasteiger partial charge < -0.3 is 10.2 Å². The van der Waals surface area contributed by atoms with Gasteiger partial charge in [0.05, 0.1) is 5.69 Å². The van der Waals surface area contributed by atoms with E-state index in [9.17, 15) is 4.79 Å². The van der Waals surface area contributed by atoms with Crippen LogP contribution in [0.1, 0.15) is 33.1 Å². The average Bonchev–Trinajstić information content (AvgIpc) is 2.29. The molecule has 0 heterocycles. The van der Waals surface area contributed by atoms with E-state index < -0.39 is 0 Å². The molecule has 0 spiro atoms. The second-order valence-electron chi connectivity index (χ2n) is 4.94. The zero-order valence-electron chi connectivity index (χ0n) is 11.2. The van der Waals surface area contributed by atoms with Gasteiger partial charge in [-0.1, -0.05) is 38.9 Å². The lowest BCUT2D eigenvalue weighted by atomic mass is 10.1. The zero-order valence-corrected chi connectivity index (χ0v) is 12.0. The third-order valence-corrected chi connectivity index (χ3v) is 3.43. The van der Waals surface area contributed by atoms with Crippen molar-refractivity contribution in [1.82, 2.24) is 0 Å². The van der Waals surface area contributed by atoms with E-state index in [1.165, 1.54) is 12.8 Å². The molecule has 0 atom stereocenters. The lowest BCUT2D eigenvalue weighted by molar-refractivity contribution is 0.538. The maximum absolute atomic E-state index is 11.6. The number of unbranched alkanes of at least 4 members (excludes halogenated alkanes) is 1. The molecule has 0 bridgehead atoms. The Bertz CT molecular complexity index is 433. The van der Waals surface area contributed by atoms with E-state index in [2.05, 4.69) is 19.2 Å². The van der Waals surface area contributed by atoms with Crippen LogP contribution in [0.3, 0.4) is 0 Å². The summed E-state index contributed by atoms with van der Waals surface area (Å²) in [5.74, 6) is 0.755. The van der Waals surface area contributed by atoms with Crippen molar-refractivity contribution >= 4 is 23.6 Å². The van der Waals surface area contributed by atoms with Gasteiger partial charge in [0, 0.05) is 20.6 Å². The molecule has 1 aromatic carbocycles. The molecule has 0 aliphatic carbocycles. The number of nitrogens with zero attached hydrogens (tertiary/aromatic N) is 1. The molecule has 0 saturated heterocycles. The summed E-state index contributed by atoms with van der Waals surface area (Å²) in [5.41, 5.74) is 1.59. The first-order chi connectivity index (χ1) is 7.99. The topological polar surface area (TPSA) is 32.3 Å². The van der Waals surface area contributed by atoms with Crippen molar-refractivity contribution in [3.63, 3.8) is 0 Å². The highest BCUT2D eigenvalue weighted by Crippen LogP contribution is 2.25. The number of anilines is 2. The molecule has 3 nitrogen and oxygen atoms in total. The molecule has 0 unspecified atom stereocenters. The largest absolute Gasteiger partial charge is 0.385 e. The Labute approximate surface area is 109 Å². The monoisotopic (exact) mass is 254 g/mol. The van der Waals surface area contributed by atoms with E-state index in [0.717, 1.165) is 30.3 Å². The third-order valence-electron chi connectivity index (χ3n) is 3.04. The Morgan fingerprint density at radius 2 is 2.00 bits per heavy atom. The molecule has 1 aromatic rings. The summed E-state index contributed by atoms with van der Waals surface area (Å²) in [6.45, 7) is 5.39. The summed E-state index contributed by atoms with van der Waals surface area (Å²) in [6.07, 6.45) is 3.58. The van der Waals surface area contributed by atoms with E-state index in [4.69, 9.17) is 12.2 Å². The van der Waals surface area contributed by atoms with Gasteiger partial charge in [0.25, 0.3) is 0 Å². The Kier molecular flexibility index (Phi) is 5.12. The quantitative estimate of drug-likeness (QED) is 0.599. The highest BCUT2D eigenvalue weighted by molar-refractivity contribution is 7.71. The summed E-state index contributed by atoms with van der Waals surface area (Å²) >= 11 is 5.00. The first-order valence-electron chi connectivity index (χ1n) is 6.21. The molecule has 96 valence electrons. The van der Waals surface area contributed by atoms with Gasteiger partial charge in [0.2, 0.25) is 5.43 Å². The Morgan fingerprint density at radius 3 is 2.53 bits per heavy atom. The molecule has 0 fully saturated rings. The molecule has 0 amide bonds. The van der Waals surface area contributed by atoms with Gasteiger partial charge in [-0.05, 0) is 12.3 Å². The van der Waals surface area contributed by atoms with Crippen LogP contribution < -0.4 is 15.6 Å². The van der Waals surface area contributed by atoms with Crippen LogP contribution in [-0.4, -0.2) is 20.6 Å². The first kappa shape index (κ1) is 14.2. The van der Waals surface area contributed by atoms with E-state index in [-0.39, 0.29) is 5.43 Å².